The molecule has 1 aromatic heterocycles. The first-order chi connectivity index (χ1) is 15.5. The molecule has 0 aliphatic heterocycles. The van der Waals surface area contributed by atoms with E-state index in [4.69, 9.17) is 9.26 Å². The van der Waals surface area contributed by atoms with E-state index in [2.05, 4.69) is 23.1 Å². The third-order valence-corrected chi connectivity index (χ3v) is 6.26. The van der Waals surface area contributed by atoms with Gasteiger partial charge < -0.3 is 14.2 Å². The lowest BCUT2D eigenvalue weighted by Gasteiger charge is -2.33. The minimum atomic E-state index is -0.0464. The summed E-state index contributed by atoms with van der Waals surface area (Å²) in [6.45, 7) is 6.43. The van der Waals surface area contributed by atoms with E-state index in [9.17, 15) is 4.79 Å². The van der Waals surface area contributed by atoms with E-state index in [1.807, 2.05) is 55.1 Å². The van der Waals surface area contributed by atoms with Crippen LogP contribution in [0.15, 0.2) is 47.0 Å². The topological polar surface area (TPSA) is 68.5 Å². The Kier molecular flexibility index (Phi) is 6.88. The van der Waals surface area contributed by atoms with Crippen molar-refractivity contribution in [3.8, 4) is 17.1 Å². The standard InChI is InChI=1S/C26H31N3O3/c1-18-14-19(2)20(3)23(15-18)31-17-25(30)29(22-12-8-5-9-13-22)16-24-27-26(28-32-24)21-10-6-4-7-11-21/h4,6-7,10-11,14-15,22H,5,8-9,12-13,16-17H2,1-3H3. The number of benzene rings is 2. The molecular weight excluding hydrogens is 402 g/mol. The van der Waals surface area contributed by atoms with E-state index < -0.39 is 0 Å². The van der Waals surface area contributed by atoms with E-state index >= 15 is 0 Å². The van der Waals surface area contributed by atoms with Gasteiger partial charge in [0.25, 0.3) is 5.91 Å². The molecule has 0 bridgehead atoms. The number of aryl methyl sites for hydroxylation is 2. The maximum Gasteiger partial charge on any atom is 0.261 e. The van der Waals surface area contributed by atoms with Gasteiger partial charge in [-0.15, -0.1) is 0 Å². The van der Waals surface area contributed by atoms with Gasteiger partial charge >= 0.3 is 0 Å². The zero-order valence-electron chi connectivity index (χ0n) is 19.1. The van der Waals surface area contributed by atoms with Gasteiger partial charge in [-0.1, -0.05) is 60.8 Å². The molecule has 0 radical (unpaired) electrons. The lowest BCUT2D eigenvalue weighted by Crippen LogP contribution is -2.43. The summed E-state index contributed by atoms with van der Waals surface area (Å²) in [5.41, 5.74) is 4.25. The number of ether oxygens (including phenoxy) is 1. The van der Waals surface area contributed by atoms with E-state index in [1.54, 1.807) is 0 Å². The highest BCUT2D eigenvalue weighted by Gasteiger charge is 2.28. The Morgan fingerprint density at radius 2 is 1.84 bits per heavy atom. The van der Waals surface area contributed by atoms with Gasteiger partial charge in [-0.2, -0.15) is 4.98 Å². The highest BCUT2D eigenvalue weighted by molar-refractivity contribution is 5.78. The molecule has 4 rings (SSSR count). The lowest BCUT2D eigenvalue weighted by molar-refractivity contribution is -0.137. The summed E-state index contributed by atoms with van der Waals surface area (Å²) >= 11 is 0. The SMILES string of the molecule is Cc1cc(C)c(C)c(OCC(=O)N(Cc2nc(-c3ccccc3)no2)C2CCCCC2)c1. The number of hydrogen-bond donors (Lipinski definition) is 0. The van der Waals surface area contributed by atoms with Crippen molar-refractivity contribution in [2.45, 2.75) is 65.5 Å². The van der Waals surface area contributed by atoms with Crippen LogP contribution >= 0.6 is 0 Å². The van der Waals surface area contributed by atoms with Gasteiger partial charge in [-0.25, -0.2) is 0 Å². The van der Waals surface area contributed by atoms with Crippen LogP contribution < -0.4 is 4.74 Å². The number of carbonyl (C=O) groups excluding carboxylic acids is 1. The zero-order valence-corrected chi connectivity index (χ0v) is 19.1. The summed E-state index contributed by atoms with van der Waals surface area (Å²) in [5.74, 6) is 1.71. The second-order valence-electron chi connectivity index (χ2n) is 8.68. The van der Waals surface area contributed by atoms with E-state index in [-0.39, 0.29) is 18.6 Å². The first-order valence-electron chi connectivity index (χ1n) is 11.4. The fourth-order valence-electron chi connectivity index (χ4n) is 4.36. The maximum absolute atomic E-state index is 13.3. The monoisotopic (exact) mass is 433 g/mol. The molecule has 0 saturated heterocycles. The average Bonchev–Trinajstić information content (AvgIpc) is 3.28. The van der Waals surface area contributed by atoms with Gasteiger partial charge in [0.1, 0.15) is 12.3 Å². The first-order valence-corrected chi connectivity index (χ1v) is 11.4. The molecule has 1 saturated carbocycles. The van der Waals surface area contributed by atoms with Gasteiger partial charge in [0.2, 0.25) is 11.7 Å². The third kappa shape index (κ3) is 5.18. The van der Waals surface area contributed by atoms with Crippen LogP contribution in [0.25, 0.3) is 11.4 Å². The number of nitrogens with zero attached hydrogens (tertiary/aromatic N) is 3. The Balaban J connectivity index is 1.49. The van der Waals surface area contributed by atoms with Crippen LogP contribution in [0.4, 0.5) is 0 Å². The van der Waals surface area contributed by atoms with Gasteiger partial charge in [0.05, 0.1) is 0 Å². The highest BCUT2D eigenvalue weighted by atomic mass is 16.5. The summed E-state index contributed by atoms with van der Waals surface area (Å²) in [4.78, 5) is 19.7. The molecule has 1 aliphatic rings. The van der Waals surface area contributed by atoms with Crippen molar-refractivity contribution in [3.05, 3.63) is 65.0 Å². The summed E-state index contributed by atoms with van der Waals surface area (Å²) < 4.78 is 11.5. The summed E-state index contributed by atoms with van der Waals surface area (Å²) in [6.07, 6.45) is 5.46. The van der Waals surface area contributed by atoms with Gasteiger partial charge in [-0.3, -0.25) is 4.79 Å². The summed E-state index contributed by atoms with van der Waals surface area (Å²) in [7, 11) is 0. The second-order valence-corrected chi connectivity index (χ2v) is 8.68. The normalized spacial score (nSPS) is 14.3. The molecule has 1 heterocycles. The largest absolute Gasteiger partial charge is 0.483 e. The lowest BCUT2D eigenvalue weighted by atomic mass is 9.94. The smallest absolute Gasteiger partial charge is 0.261 e. The number of rotatable bonds is 7. The molecule has 6 nitrogen and oxygen atoms in total. The van der Waals surface area contributed by atoms with Crippen LogP contribution in [0.5, 0.6) is 5.75 Å². The van der Waals surface area contributed by atoms with Crippen molar-refractivity contribution in [1.29, 1.82) is 0 Å². The molecule has 0 atom stereocenters. The van der Waals surface area contributed by atoms with E-state index in [0.29, 0.717) is 18.3 Å². The van der Waals surface area contributed by atoms with Crippen LogP contribution in [-0.4, -0.2) is 33.6 Å². The molecule has 168 valence electrons. The fourth-order valence-corrected chi connectivity index (χ4v) is 4.36. The maximum atomic E-state index is 13.3. The van der Waals surface area contributed by atoms with Crippen molar-refractivity contribution in [1.82, 2.24) is 15.0 Å². The quantitative estimate of drug-likeness (QED) is 0.499. The van der Waals surface area contributed by atoms with E-state index in [1.165, 1.54) is 6.42 Å². The Hall–Kier alpha value is -3.15. The van der Waals surface area contributed by atoms with Crippen LogP contribution in [-0.2, 0) is 11.3 Å². The molecule has 0 unspecified atom stereocenters. The second kappa shape index (κ2) is 9.98. The number of aromatic nitrogens is 2. The summed E-state index contributed by atoms with van der Waals surface area (Å²) in [6, 6.07) is 14.0. The van der Waals surface area contributed by atoms with Gasteiger partial charge in [0.15, 0.2) is 6.61 Å². The van der Waals surface area contributed by atoms with E-state index in [0.717, 1.165) is 53.7 Å². The Labute approximate surface area is 189 Å². The van der Waals surface area contributed by atoms with Crippen LogP contribution in [0, 0.1) is 20.8 Å². The minimum absolute atomic E-state index is 0.0000864. The van der Waals surface area contributed by atoms with Crippen molar-refractivity contribution in [2.75, 3.05) is 6.61 Å². The molecule has 32 heavy (non-hydrogen) atoms. The molecule has 0 spiro atoms. The van der Waals surface area contributed by atoms with Crippen LogP contribution in [0.3, 0.4) is 0 Å². The molecular formula is C26H31N3O3. The Morgan fingerprint density at radius 3 is 2.59 bits per heavy atom. The van der Waals surface area contributed by atoms with Crippen molar-refractivity contribution in [2.24, 2.45) is 0 Å². The van der Waals surface area contributed by atoms with Gasteiger partial charge in [-0.05, 0) is 56.4 Å². The molecule has 0 N–H and O–H groups in total. The molecule has 1 aliphatic carbocycles. The number of hydrogen-bond acceptors (Lipinski definition) is 5. The van der Waals surface area contributed by atoms with Crippen LogP contribution in [0.2, 0.25) is 0 Å². The predicted molar refractivity (Wildman–Crippen MR) is 123 cm³/mol. The highest BCUT2D eigenvalue weighted by Crippen LogP contribution is 2.26. The van der Waals surface area contributed by atoms with Crippen LogP contribution in [0.1, 0.15) is 54.7 Å². The number of carbonyl (C=O) groups is 1. The molecule has 6 heteroatoms. The predicted octanol–water partition coefficient (Wildman–Crippen LogP) is 5.40. The zero-order chi connectivity index (χ0) is 22.5. The Bertz CT molecular complexity index is 1060. The summed E-state index contributed by atoms with van der Waals surface area (Å²) in [5, 5.41) is 4.11. The molecule has 1 amide bonds. The third-order valence-electron chi connectivity index (χ3n) is 6.26. The minimum Gasteiger partial charge on any atom is -0.483 e. The average molecular weight is 434 g/mol. The fraction of sp³-hybridized carbons (Fsp3) is 0.423. The van der Waals surface area contributed by atoms with Crippen molar-refractivity contribution < 1.29 is 14.1 Å². The molecule has 2 aromatic carbocycles. The molecule has 3 aromatic rings. The molecule has 1 fully saturated rings. The van der Waals surface area contributed by atoms with Crippen molar-refractivity contribution in [3.63, 3.8) is 0 Å². The van der Waals surface area contributed by atoms with Crippen molar-refractivity contribution >= 4 is 5.91 Å². The number of amides is 1. The first kappa shape index (κ1) is 22.1. The Morgan fingerprint density at radius 1 is 1.09 bits per heavy atom. The van der Waals surface area contributed by atoms with Gasteiger partial charge in [0, 0.05) is 11.6 Å².